The molecule has 8 heteroatoms. The zero-order valence-electron chi connectivity index (χ0n) is 20.0. The fraction of sp³-hybridized carbons (Fsp3) is 0.370. The molecule has 1 saturated heterocycles. The number of halogens is 1. The molecule has 0 spiro atoms. The topological polar surface area (TPSA) is 91.2 Å². The Morgan fingerprint density at radius 3 is 2.51 bits per heavy atom. The molecule has 1 atom stereocenters. The summed E-state index contributed by atoms with van der Waals surface area (Å²) in [4.78, 5) is 30.5. The van der Waals surface area contributed by atoms with Gasteiger partial charge in [0.15, 0.2) is 0 Å². The fourth-order valence-corrected chi connectivity index (χ4v) is 5.03. The van der Waals surface area contributed by atoms with Gasteiger partial charge < -0.3 is 14.7 Å². The van der Waals surface area contributed by atoms with E-state index in [0.717, 1.165) is 59.7 Å². The van der Waals surface area contributed by atoms with Crippen molar-refractivity contribution in [2.75, 3.05) is 24.5 Å². The quantitative estimate of drug-likeness (QED) is 0.536. The van der Waals surface area contributed by atoms with E-state index in [9.17, 15) is 9.59 Å². The van der Waals surface area contributed by atoms with E-state index in [-0.39, 0.29) is 6.42 Å². The third-order valence-electron chi connectivity index (χ3n) is 6.67. The Bertz CT molecular complexity index is 1150. The minimum Gasteiger partial charge on any atom is -0.481 e. The van der Waals surface area contributed by atoms with Crippen molar-refractivity contribution >= 4 is 35.1 Å². The van der Waals surface area contributed by atoms with E-state index in [4.69, 9.17) is 21.4 Å². The van der Waals surface area contributed by atoms with Gasteiger partial charge in [-0.2, -0.15) is 0 Å². The Labute approximate surface area is 210 Å². The summed E-state index contributed by atoms with van der Waals surface area (Å²) in [7, 11) is 0. The summed E-state index contributed by atoms with van der Waals surface area (Å²) >= 11 is 6.24. The van der Waals surface area contributed by atoms with Crippen molar-refractivity contribution in [3.8, 4) is 0 Å². The lowest BCUT2D eigenvalue weighted by molar-refractivity contribution is -0.136. The highest BCUT2D eigenvalue weighted by Crippen LogP contribution is 2.32. The van der Waals surface area contributed by atoms with Gasteiger partial charge in [-0.15, -0.1) is 0 Å². The number of nitrogens with one attached hydrogen (secondary N) is 1. The van der Waals surface area contributed by atoms with E-state index >= 15 is 0 Å². The molecule has 35 heavy (non-hydrogen) atoms. The second kappa shape index (κ2) is 11.0. The van der Waals surface area contributed by atoms with Crippen LogP contribution < -0.4 is 10.2 Å². The first-order valence-corrected chi connectivity index (χ1v) is 12.2. The summed E-state index contributed by atoms with van der Waals surface area (Å²) in [6.07, 6.45) is 0.943. The van der Waals surface area contributed by atoms with E-state index in [0.29, 0.717) is 17.5 Å². The number of aliphatic imine (C=N–C) groups is 1. The summed E-state index contributed by atoms with van der Waals surface area (Å²) in [5.41, 5.74) is 5.41. The molecule has 0 bridgehead atoms. The molecule has 0 radical (unpaired) electrons. The van der Waals surface area contributed by atoms with Gasteiger partial charge in [0.25, 0.3) is 0 Å². The number of hydrogen-bond donors (Lipinski definition) is 2. The fourth-order valence-electron chi connectivity index (χ4n) is 4.74. The molecule has 0 aromatic heterocycles. The number of anilines is 1. The van der Waals surface area contributed by atoms with Crippen molar-refractivity contribution in [3.63, 3.8) is 0 Å². The first kappa shape index (κ1) is 24.8. The molecule has 2 aromatic rings. The van der Waals surface area contributed by atoms with Gasteiger partial charge in [0.1, 0.15) is 6.10 Å². The lowest BCUT2D eigenvalue weighted by Crippen LogP contribution is -2.36. The average Bonchev–Trinajstić information content (AvgIpc) is 3.19. The first-order chi connectivity index (χ1) is 16.8. The largest absolute Gasteiger partial charge is 0.481 e. The van der Waals surface area contributed by atoms with Crippen LogP contribution in [0.25, 0.3) is 0 Å². The Balaban J connectivity index is 1.37. The summed E-state index contributed by atoms with van der Waals surface area (Å²) in [6, 6.07) is 15.1. The van der Waals surface area contributed by atoms with Gasteiger partial charge in [0.05, 0.1) is 24.4 Å². The summed E-state index contributed by atoms with van der Waals surface area (Å²) in [5.74, 6) is -0.498. The number of hydrogen-bond acceptors (Lipinski definition) is 5. The Morgan fingerprint density at radius 1 is 1.17 bits per heavy atom. The maximum atomic E-state index is 12.7. The second-order valence-electron chi connectivity index (χ2n) is 8.99. The smallest absolute Gasteiger partial charge is 0.412 e. The first-order valence-electron chi connectivity index (χ1n) is 11.8. The zero-order chi connectivity index (χ0) is 24.9. The molecule has 1 amide bonds. The molecule has 1 fully saturated rings. The molecule has 2 heterocycles. The number of carboxylic acids is 1. The van der Waals surface area contributed by atoms with E-state index in [1.54, 1.807) is 13.0 Å². The molecule has 0 aliphatic carbocycles. The molecule has 1 unspecified atom stereocenters. The van der Waals surface area contributed by atoms with E-state index in [2.05, 4.69) is 15.2 Å². The number of amides is 1. The van der Waals surface area contributed by atoms with Crippen LogP contribution in [-0.2, 0) is 16.0 Å². The van der Waals surface area contributed by atoms with Crippen LogP contribution in [0.5, 0.6) is 0 Å². The van der Waals surface area contributed by atoms with Crippen LogP contribution >= 0.6 is 11.6 Å². The van der Waals surface area contributed by atoms with Gasteiger partial charge >= 0.3 is 12.1 Å². The molecule has 0 saturated carbocycles. The van der Waals surface area contributed by atoms with Crippen molar-refractivity contribution in [1.82, 2.24) is 5.32 Å². The van der Waals surface area contributed by atoms with Crippen LogP contribution in [0.2, 0.25) is 5.02 Å². The van der Waals surface area contributed by atoms with Gasteiger partial charge in [-0.25, -0.2) is 4.79 Å². The number of benzene rings is 2. The Hall–Kier alpha value is -3.32. The van der Waals surface area contributed by atoms with Crippen LogP contribution in [0.4, 0.5) is 10.5 Å². The third kappa shape index (κ3) is 6.03. The average molecular weight is 496 g/mol. The van der Waals surface area contributed by atoms with Gasteiger partial charge in [0.2, 0.25) is 0 Å². The van der Waals surface area contributed by atoms with Crippen LogP contribution in [0, 0.1) is 5.92 Å². The molecular formula is C27H30ClN3O4. The number of piperidine rings is 1. The number of carbonyl (C=O) groups excluding carboxylic acids is 1. The lowest BCUT2D eigenvalue weighted by Gasteiger charge is -2.34. The van der Waals surface area contributed by atoms with Crippen molar-refractivity contribution in [3.05, 3.63) is 76.0 Å². The molecular weight excluding hydrogens is 466 g/mol. The summed E-state index contributed by atoms with van der Waals surface area (Å²) < 4.78 is 5.60. The van der Waals surface area contributed by atoms with Crippen molar-refractivity contribution in [2.45, 2.75) is 39.2 Å². The number of ether oxygens (including phenoxy) is 1. The Kier molecular flexibility index (Phi) is 7.76. The number of carboxylic acid groups (broad SMARTS) is 1. The monoisotopic (exact) mass is 495 g/mol. The SMILES string of the molecule is CC1=NCC(C2CCN(c3ccc(CC(=O)O)cc3)CC2)=C1NC(=O)OC(C)c1ccccc1Cl. The standard InChI is InChI=1S/C27H30ClN3O4/c1-17-26(30-27(34)35-18(2)22-5-3-4-6-24(22)28)23(16-29-17)20-11-13-31(14-12-20)21-9-7-19(8-10-21)15-25(32)33/h3-10,18,20H,11-16H2,1-2H3,(H,30,34)(H,32,33). The van der Waals surface area contributed by atoms with E-state index in [1.165, 1.54) is 0 Å². The van der Waals surface area contributed by atoms with Crippen LogP contribution in [0.3, 0.4) is 0 Å². The maximum Gasteiger partial charge on any atom is 0.412 e. The molecule has 2 aliphatic heterocycles. The molecule has 2 N–H and O–H groups in total. The molecule has 4 rings (SSSR count). The minimum absolute atomic E-state index is 0.0330. The highest BCUT2D eigenvalue weighted by atomic mass is 35.5. The van der Waals surface area contributed by atoms with Crippen molar-refractivity contribution < 1.29 is 19.4 Å². The summed E-state index contributed by atoms with van der Waals surface area (Å²) in [5, 5.41) is 12.5. The molecule has 2 aromatic carbocycles. The summed E-state index contributed by atoms with van der Waals surface area (Å²) in [6.45, 7) is 6.07. The number of allylic oxidation sites excluding steroid dienone is 1. The third-order valence-corrected chi connectivity index (χ3v) is 7.01. The number of carbonyl (C=O) groups is 2. The van der Waals surface area contributed by atoms with E-state index in [1.807, 2.05) is 49.4 Å². The maximum absolute atomic E-state index is 12.7. The number of alkyl carbamates (subject to hydrolysis) is 1. The predicted molar refractivity (Wildman–Crippen MR) is 137 cm³/mol. The van der Waals surface area contributed by atoms with Gasteiger partial charge in [-0.1, -0.05) is 41.9 Å². The van der Waals surface area contributed by atoms with Crippen LogP contribution in [0.1, 0.15) is 43.9 Å². The molecule has 7 nitrogen and oxygen atoms in total. The number of nitrogens with zero attached hydrogens (tertiary/aromatic N) is 2. The van der Waals surface area contributed by atoms with Crippen LogP contribution in [-0.4, -0.2) is 42.5 Å². The van der Waals surface area contributed by atoms with Crippen LogP contribution in [0.15, 0.2) is 64.8 Å². The minimum atomic E-state index is -0.826. The number of rotatable bonds is 7. The lowest BCUT2D eigenvalue weighted by atomic mass is 9.87. The van der Waals surface area contributed by atoms with Gasteiger partial charge in [-0.05, 0) is 61.9 Å². The highest BCUT2D eigenvalue weighted by Gasteiger charge is 2.29. The number of aliphatic carboxylic acids is 1. The molecule has 184 valence electrons. The van der Waals surface area contributed by atoms with Crippen molar-refractivity contribution in [1.29, 1.82) is 0 Å². The normalized spacial score (nSPS) is 17.2. The van der Waals surface area contributed by atoms with E-state index < -0.39 is 18.2 Å². The van der Waals surface area contributed by atoms with Gasteiger partial charge in [0, 0.05) is 29.4 Å². The Morgan fingerprint density at radius 2 is 1.86 bits per heavy atom. The molecule has 2 aliphatic rings. The highest BCUT2D eigenvalue weighted by molar-refractivity contribution is 6.31. The van der Waals surface area contributed by atoms with Crippen molar-refractivity contribution in [2.24, 2.45) is 10.9 Å². The predicted octanol–water partition coefficient (Wildman–Crippen LogP) is 5.40. The van der Waals surface area contributed by atoms with Gasteiger partial charge in [-0.3, -0.25) is 15.1 Å². The zero-order valence-corrected chi connectivity index (χ0v) is 20.7. The second-order valence-corrected chi connectivity index (χ2v) is 9.40.